The zero-order valence-corrected chi connectivity index (χ0v) is 14.2. The molecule has 23 heavy (non-hydrogen) atoms. The van der Waals surface area contributed by atoms with Gasteiger partial charge < -0.3 is 9.73 Å². The number of rotatable bonds is 2. The van der Waals surface area contributed by atoms with E-state index in [1.54, 1.807) is 12.1 Å². The lowest BCUT2D eigenvalue weighted by Crippen LogP contribution is -2.69. The monoisotopic (exact) mass is 332 g/mol. The summed E-state index contributed by atoms with van der Waals surface area (Å²) >= 11 is 6.13. The average Bonchev–Trinajstić information content (AvgIpc) is 2.97. The van der Waals surface area contributed by atoms with Crippen LogP contribution in [0, 0.1) is 5.92 Å². The van der Waals surface area contributed by atoms with Crippen molar-refractivity contribution in [3.63, 3.8) is 0 Å². The fourth-order valence-corrected chi connectivity index (χ4v) is 4.45. The molecular weight excluding hydrogens is 312 g/mol. The van der Waals surface area contributed by atoms with E-state index in [4.69, 9.17) is 16.0 Å². The summed E-state index contributed by atoms with van der Waals surface area (Å²) in [6.45, 7) is 6.70. The first-order valence-corrected chi connectivity index (χ1v) is 8.58. The summed E-state index contributed by atoms with van der Waals surface area (Å²) in [5.74, 6) is 0.733. The third-order valence-corrected chi connectivity index (χ3v) is 5.89. The molecular formula is C18H21ClN2O2. The van der Waals surface area contributed by atoms with Gasteiger partial charge in [0.15, 0.2) is 11.3 Å². The zero-order valence-electron chi connectivity index (χ0n) is 13.4. The van der Waals surface area contributed by atoms with Crippen LogP contribution in [0.25, 0.3) is 11.0 Å². The van der Waals surface area contributed by atoms with Crippen LogP contribution in [0.4, 0.5) is 0 Å². The lowest BCUT2D eigenvalue weighted by Gasteiger charge is -2.56. The molecule has 2 aromatic rings. The highest BCUT2D eigenvalue weighted by Gasteiger charge is 2.48. The Morgan fingerprint density at radius 3 is 2.74 bits per heavy atom. The minimum Gasteiger partial charge on any atom is -0.449 e. The Balaban J connectivity index is 1.60. The van der Waals surface area contributed by atoms with E-state index in [1.807, 2.05) is 12.1 Å². The number of piperidine rings is 3. The molecule has 4 nitrogen and oxygen atoms in total. The number of hydrogen-bond donors (Lipinski definition) is 1. The minimum atomic E-state index is -0.149. The average molecular weight is 333 g/mol. The molecule has 5 rings (SSSR count). The standard InChI is InChI=1S/C18H21ClN2O2/c1-18(2)16(11-6-8-21(18)9-7-11)20-17(22)14-10-12-4-3-5-13(19)15(12)23-14/h3-5,10-11,16H,6-9H2,1-2H3,(H,20,22)/t16-/m0/s1. The van der Waals surface area contributed by atoms with Crippen LogP contribution in [0.3, 0.4) is 0 Å². The second-order valence-corrected chi connectivity index (χ2v) is 7.61. The number of benzene rings is 1. The molecule has 3 saturated heterocycles. The van der Waals surface area contributed by atoms with Gasteiger partial charge in [-0.05, 0) is 57.8 Å². The van der Waals surface area contributed by atoms with Crippen molar-refractivity contribution in [2.45, 2.75) is 38.3 Å². The summed E-state index contributed by atoms with van der Waals surface area (Å²) in [7, 11) is 0. The smallest absolute Gasteiger partial charge is 0.287 e. The lowest BCUT2D eigenvalue weighted by atomic mass is 9.72. The van der Waals surface area contributed by atoms with Gasteiger partial charge >= 0.3 is 0 Å². The predicted molar refractivity (Wildman–Crippen MR) is 90.9 cm³/mol. The Morgan fingerprint density at radius 2 is 2.09 bits per heavy atom. The van der Waals surface area contributed by atoms with Gasteiger partial charge in [-0.2, -0.15) is 0 Å². The lowest BCUT2D eigenvalue weighted by molar-refractivity contribution is -0.0380. The van der Waals surface area contributed by atoms with E-state index in [1.165, 1.54) is 0 Å². The molecule has 1 aromatic carbocycles. The number of hydrogen-bond acceptors (Lipinski definition) is 3. The van der Waals surface area contributed by atoms with Gasteiger partial charge in [0.25, 0.3) is 5.91 Å². The third kappa shape index (κ3) is 2.36. The number of para-hydroxylation sites is 1. The molecule has 3 aliphatic rings. The zero-order chi connectivity index (χ0) is 16.2. The quantitative estimate of drug-likeness (QED) is 0.912. The van der Waals surface area contributed by atoms with Crippen LogP contribution < -0.4 is 5.32 Å². The SMILES string of the molecule is CC1(C)[C@@H](NC(=O)c2cc3cccc(Cl)c3o2)C2CCN1CC2. The van der Waals surface area contributed by atoms with Gasteiger partial charge in [0.2, 0.25) is 0 Å². The van der Waals surface area contributed by atoms with Crippen LogP contribution in [-0.4, -0.2) is 35.5 Å². The van der Waals surface area contributed by atoms with Crippen molar-refractivity contribution in [1.29, 1.82) is 0 Å². The molecule has 0 aliphatic carbocycles. The van der Waals surface area contributed by atoms with Crippen molar-refractivity contribution in [3.05, 3.63) is 35.0 Å². The molecule has 2 bridgehead atoms. The maximum absolute atomic E-state index is 12.7. The first kappa shape index (κ1) is 15.0. The first-order chi connectivity index (χ1) is 11.0. The van der Waals surface area contributed by atoms with Crippen molar-refractivity contribution in [2.24, 2.45) is 5.92 Å². The number of carbonyl (C=O) groups is 1. The Labute approximate surface area is 140 Å². The Kier molecular flexibility index (Phi) is 3.43. The van der Waals surface area contributed by atoms with Gasteiger partial charge in [-0.25, -0.2) is 0 Å². The number of amides is 1. The van der Waals surface area contributed by atoms with E-state index < -0.39 is 0 Å². The molecule has 1 N–H and O–H groups in total. The number of nitrogens with zero attached hydrogens (tertiary/aromatic N) is 1. The maximum atomic E-state index is 12.7. The summed E-state index contributed by atoms with van der Waals surface area (Å²) in [5.41, 5.74) is 0.563. The third-order valence-electron chi connectivity index (χ3n) is 5.59. The van der Waals surface area contributed by atoms with Crippen molar-refractivity contribution < 1.29 is 9.21 Å². The van der Waals surface area contributed by atoms with Gasteiger partial charge in [-0.1, -0.05) is 23.7 Å². The van der Waals surface area contributed by atoms with Gasteiger partial charge in [-0.3, -0.25) is 9.69 Å². The highest BCUT2D eigenvalue weighted by atomic mass is 35.5. The fraction of sp³-hybridized carbons (Fsp3) is 0.500. The maximum Gasteiger partial charge on any atom is 0.287 e. The van der Waals surface area contributed by atoms with Gasteiger partial charge in [0.1, 0.15) is 0 Å². The van der Waals surface area contributed by atoms with E-state index in [0.717, 1.165) is 31.3 Å². The number of carbonyl (C=O) groups excluding carboxylic acids is 1. The largest absolute Gasteiger partial charge is 0.449 e. The van der Waals surface area contributed by atoms with Gasteiger partial charge in [0, 0.05) is 17.0 Å². The molecule has 3 aliphatic heterocycles. The summed E-state index contributed by atoms with van der Waals surface area (Å²) in [5, 5.41) is 4.61. The van der Waals surface area contributed by atoms with Crippen LogP contribution in [0.1, 0.15) is 37.2 Å². The molecule has 0 radical (unpaired) electrons. The van der Waals surface area contributed by atoms with Crippen LogP contribution in [-0.2, 0) is 0 Å². The molecule has 0 spiro atoms. The van der Waals surface area contributed by atoms with Crippen LogP contribution in [0.2, 0.25) is 5.02 Å². The van der Waals surface area contributed by atoms with E-state index in [-0.39, 0.29) is 17.5 Å². The van der Waals surface area contributed by atoms with E-state index in [2.05, 4.69) is 24.1 Å². The highest BCUT2D eigenvalue weighted by Crippen LogP contribution is 2.39. The van der Waals surface area contributed by atoms with Crippen molar-refractivity contribution >= 4 is 28.5 Å². The molecule has 3 fully saturated rings. The van der Waals surface area contributed by atoms with Gasteiger partial charge in [0.05, 0.1) is 5.02 Å². The molecule has 4 heterocycles. The second kappa shape index (κ2) is 5.25. The normalized spacial score (nSPS) is 28.9. The predicted octanol–water partition coefficient (Wildman–Crippen LogP) is 3.69. The summed E-state index contributed by atoms with van der Waals surface area (Å²) in [6.07, 6.45) is 2.31. The van der Waals surface area contributed by atoms with Crippen molar-refractivity contribution in [1.82, 2.24) is 10.2 Å². The van der Waals surface area contributed by atoms with E-state index in [0.29, 0.717) is 22.3 Å². The van der Waals surface area contributed by atoms with Crippen molar-refractivity contribution in [3.8, 4) is 0 Å². The Bertz CT molecular complexity index is 759. The molecule has 1 amide bonds. The number of nitrogens with one attached hydrogen (secondary N) is 1. The van der Waals surface area contributed by atoms with Crippen molar-refractivity contribution in [2.75, 3.05) is 13.1 Å². The number of halogens is 1. The van der Waals surface area contributed by atoms with Crippen LogP contribution in [0.5, 0.6) is 0 Å². The topological polar surface area (TPSA) is 45.5 Å². The number of fused-ring (bicyclic) bond motifs is 4. The Morgan fingerprint density at radius 1 is 1.35 bits per heavy atom. The molecule has 1 aromatic heterocycles. The summed E-state index contributed by atoms with van der Waals surface area (Å²) in [4.78, 5) is 15.2. The summed E-state index contributed by atoms with van der Waals surface area (Å²) < 4.78 is 5.69. The highest BCUT2D eigenvalue weighted by molar-refractivity contribution is 6.34. The molecule has 0 unspecified atom stereocenters. The first-order valence-electron chi connectivity index (χ1n) is 8.21. The van der Waals surface area contributed by atoms with Crippen LogP contribution >= 0.6 is 11.6 Å². The molecule has 0 saturated carbocycles. The number of furan rings is 1. The molecule has 5 heteroatoms. The fourth-order valence-electron chi connectivity index (χ4n) is 4.23. The second-order valence-electron chi connectivity index (χ2n) is 7.20. The minimum absolute atomic E-state index is 0.0134. The van der Waals surface area contributed by atoms with Gasteiger partial charge in [-0.15, -0.1) is 0 Å². The Hall–Kier alpha value is -1.52. The molecule has 1 atom stereocenters. The van der Waals surface area contributed by atoms with E-state index in [9.17, 15) is 4.79 Å². The van der Waals surface area contributed by atoms with E-state index >= 15 is 0 Å². The molecule has 122 valence electrons. The summed E-state index contributed by atoms with van der Waals surface area (Å²) in [6, 6.07) is 7.45. The van der Waals surface area contributed by atoms with Crippen LogP contribution in [0.15, 0.2) is 28.7 Å².